The van der Waals surface area contributed by atoms with E-state index in [9.17, 15) is 0 Å². The van der Waals surface area contributed by atoms with Crippen LogP contribution in [0.1, 0.15) is 5.56 Å². The Morgan fingerprint density at radius 1 is 1.00 bits per heavy atom. The van der Waals surface area contributed by atoms with Crippen molar-refractivity contribution in [1.82, 2.24) is 0 Å². The number of rotatable bonds is 5. The van der Waals surface area contributed by atoms with Crippen LogP contribution in [-0.2, 0) is 0 Å². The van der Waals surface area contributed by atoms with Gasteiger partial charge in [0.05, 0.1) is 5.56 Å². The molecule has 0 aliphatic heterocycles. The summed E-state index contributed by atoms with van der Waals surface area (Å²) in [6, 6.07) is 16.9. The molecule has 0 N–H and O–H groups in total. The van der Waals surface area contributed by atoms with Crippen molar-refractivity contribution in [2.45, 2.75) is 0 Å². The predicted molar refractivity (Wildman–Crippen MR) is 76.3 cm³/mol. The molecule has 0 aromatic heterocycles. The first kappa shape index (κ1) is 13.4. The molecule has 0 amide bonds. The summed E-state index contributed by atoms with van der Waals surface area (Å²) >= 11 is 3.38. The highest BCUT2D eigenvalue weighted by molar-refractivity contribution is 9.10. The Morgan fingerprint density at radius 3 is 2.58 bits per heavy atom. The number of ether oxygens (including phenoxy) is 2. The average Bonchev–Trinajstić information content (AvgIpc) is 2.44. The lowest BCUT2D eigenvalue weighted by atomic mass is 10.2. The quantitative estimate of drug-likeness (QED) is 0.788. The number of nitriles is 1. The zero-order valence-electron chi connectivity index (χ0n) is 10.2. The summed E-state index contributed by atoms with van der Waals surface area (Å²) in [5.41, 5.74) is 0.532. The molecule has 19 heavy (non-hydrogen) atoms. The van der Waals surface area contributed by atoms with Gasteiger partial charge in [-0.2, -0.15) is 5.26 Å². The molecule has 0 saturated heterocycles. The highest BCUT2D eigenvalue weighted by atomic mass is 79.9. The Hall–Kier alpha value is -1.99. The standard InChI is InChI=1S/C15H12BrNO2/c16-13-5-3-6-14(10-13)18-8-9-19-15-7-2-1-4-12(15)11-17/h1-7,10H,8-9H2. The second-order valence-corrected chi connectivity index (χ2v) is 4.68. The Labute approximate surface area is 120 Å². The van der Waals surface area contributed by atoms with Crippen molar-refractivity contribution < 1.29 is 9.47 Å². The number of para-hydroxylation sites is 1. The molecule has 0 saturated carbocycles. The van der Waals surface area contributed by atoms with Crippen LogP contribution in [-0.4, -0.2) is 13.2 Å². The third-order valence-corrected chi connectivity index (χ3v) is 2.91. The molecule has 0 aliphatic carbocycles. The molecule has 0 spiro atoms. The monoisotopic (exact) mass is 317 g/mol. The van der Waals surface area contributed by atoms with Gasteiger partial charge in [-0.3, -0.25) is 0 Å². The fourth-order valence-electron chi connectivity index (χ4n) is 1.55. The van der Waals surface area contributed by atoms with Crippen LogP contribution >= 0.6 is 15.9 Å². The van der Waals surface area contributed by atoms with E-state index in [-0.39, 0.29) is 0 Å². The molecule has 0 bridgehead atoms. The van der Waals surface area contributed by atoms with Gasteiger partial charge in [0, 0.05) is 4.47 Å². The fourth-order valence-corrected chi connectivity index (χ4v) is 1.93. The first-order chi connectivity index (χ1) is 9.29. The Morgan fingerprint density at radius 2 is 1.79 bits per heavy atom. The molecule has 0 atom stereocenters. The minimum atomic E-state index is 0.394. The van der Waals surface area contributed by atoms with Crippen LogP contribution in [0.15, 0.2) is 53.0 Å². The van der Waals surface area contributed by atoms with Gasteiger partial charge < -0.3 is 9.47 Å². The Balaban J connectivity index is 1.83. The van der Waals surface area contributed by atoms with E-state index < -0.39 is 0 Å². The number of nitrogens with zero attached hydrogens (tertiary/aromatic N) is 1. The largest absolute Gasteiger partial charge is 0.490 e. The van der Waals surface area contributed by atoms with E-state index in [0.717, 1.165) is 10.2 Å². The van der Waals surface area contributed by atoms with Crippen LogP contribution < -0.4 is 9.47 Å². The molecule has 0 radical (unpaired) electrons. The van der Waals surface area contributed by atoms with Crippen molar-refractivity contribution in [3.63, 3.8) is 0 Å². The zero-order chi connectivity index (χ0) is 13.5. The molecule has 0 fully saturated rings. The maximum absolute atomic E-state index is 8.92. The molecule has 3 nitrogen and oxygen atoms in total. The summed E-state index contributed by atoms with van der Waals surface area (Å²) in [7, 11) is 0. The summed E-state index contributed by atoms with van der Waals surface area (Å²) < 4.78 is 12.0. The second kappa shape index (κ2) is 6.81. The summed E-state index contributed by atoms with van der Waals surface area (Å²) in [5.74, 6) is 1.37. The van der Waals surface area contributed by atoms with Gasteiger partial charge in [0.15, 0.2) is 0 Å². The first-order valence-electron chi connectivity index (χ1n) is 5.80. The topological polar surface area (TPSA) is 42.2 Å². The SMILES string of the molecule is N#Cc1ccccc1OCCOc1cccc(Br)c1. The molecular formula is C15H12BrNO2. The van der Waals surface area contributed by atoms with Crippen molar-refractivity contribution in [1.29, 1.82) is 5.26 Å². The summed E-state index contributed by atoms with van der Waals surface area (Å²) in [4.78, 5) is 0. The van der Waals surface area contributed by atoms with E-state index in [2.05, 4.69) is 22.0 Å². The lowest BCUT2D eigenvalue weighted by molar-refractivity contribution is 0.216. The first-order valence-corrected chi connectivity index (χ1v) is 6.59. The summed E-state index contributed by atoms with van der Waals surface area (Å²) in [6.07, 6.45) is 0. The van der Waals surface area contributed by atoms with Gasteiger partial charge in [-0.15, -0.1) is 0 Å². The minimum absolute atomic E-state index is 0.394. The fraction of sp³-hybridized carbons (Fsp3) is 0.133. The van der Waals surface area contributed by atoms with Gasteiger partial charge in [0.1, 0.15) is 30.8 Å². The summed E-state index contributed by atoms with van der Waals surface area (Å²) in [5, 5.41) is 8.92. The van der Waals surface area contributed by atoms with Crippen molar-refractivity contribution in [2.24, 2.45) is 0 Å². The predicted octanol–water partition coefficient (Wildman–Crippen LogP) is 3.78. The molecular weight excluding hydrogens is 306 g/mol. The van der Waals surface area contributed by atoms with E-state index in [0.29, 0.717) is 24.5 Å². The van der Waals surface area contributed by atoms with Gasteiger partial charge in [-0.05, 0) is 30.3 Å². The lowest BCUT2D eigenvalue weighted by Gasteiger charge is -2.09. The smallest absolute Gasteiger partial charge is 0.137 e. The molecule has 0 aliphatic rings. The molecule has 4 heteroatoms. The number of benzene rings is 2. The maximum Gasteiger partial charge on any atom is 0.137 e. The van der Waals surface area contributed by atoms with E-state index in [1.807, 2.05) is 36.4 Å². The number of halogens is 1. The molecule has 0 unspecified atom stereocenters. The highest BCUT2D eigenvalue weighted by Crippen LogP contribution is 2.18. The lowest BCUT2D eigenvalue weighted by Crippen LogP contribution is -2.09. The third-order valence-electron chi connectivity index (χ3n) is 2.41. The van der Waals surface area contributed by atoms with Crippen LogP contribution in [0.2, 0.25) is 0 Å². The van der Waals surface area contributed by atoms with E-state index in [1.165, 1.54) is 0 Å². The van der Waals surface area contributed by atoms with Crippen molar-refractivity contribution in [2.75, 3.05) is 13.2 Å². The van der Waals surface area contributed by atoms with Crippen LogP contribution in [0.5, 0.6) is 11.5 Å². The maximum atomic E-state index is 8.92. The normalized spacial score (nSPS) is 9.68. The Kier molecular flexibility index (Phi) is 4.82. The van der Waals surface area contributed by atoms with Gasteiger partial charge in [0.2, 0.25) is 0 Å². The summed E-state index contributed by atoms with van der Waals surface area (Å²) in [6.45, 7) is 0.821. The van der Waals surface area contributed by atoms with Crippen LogP contribution in [0, 0.1) is 11.3 Å². The van der Waals surface area contributed by atoms with Crippen molar-refractivity contribution in [3.05, 3.63) is 58.6 Å². The number of hydrogen-bond acceptors (Lipinski definition) is 3. The van der Waals surface area contributed by atoms with E-state index in [4.69, 9.17) is 14.7 Å². The minimum Gasteiger partial charge on any atom is -0.490 e. The van der Waals surface area contributed by atoms with Gasteiger partial charge >= 0.3 is 0 Å². The molecule has 0 heterocycles. The Bertz CT molecular complexity index is 593. The van der Waals surface area contributed by atoms with E-state index in [1.54, 1.807) is 12.1 Å². The third kappa shape index (κ3) is 4.01. The van der Waals surface area contributed by atoms with Gasteiger partial charge in [-0.25, -0.2) is 0 Å². The second-order valence-electron chi connectivity index (χ2n) is 3.76. The van der Waals surface area contributed by atoms with Gasteiger partial charge in [0.25, 0.3) is 0 Å². The van der Waals surface area contributed by atoms with Crippen molar-refractivity contribution >= 4 is 15.9 Å². The zero-order valence-corrected chi connectivity index (χ0v) is 11.8. The van der Waals surface area contributed by atoms with Crippen LogP contribution in [0.25, 0.3) is 0 Å². The van der Waals surface area contributed by atoms with Crippen LogP contribution in [0.4, 0.5) is 0 Å². The van der Waals surface area contributed by atoms with E-state index >= 15 is 0 Å². The highest BCUT2D eigenvalue weighted by Gasteiger charge is 2.01. The molecule has 96 valence electrons. The van der Waals surface area contributed by atoms with Crippen molar-refractivity contribution in [3.8, 4) is 17.6 Å². The van der Waals surface area contributed by atoms with Crippen LogP contribution in [0.3, 0.4) is 0 Å². The molecule has 2 rings (SSSR count). The average molecular weight is 318 g/mol. The van der Waals surface area contributed by atoms with Gasteiger partial charge in [-0.1, -0.05) is 34.1 Å². The molecule has 2 aromatic rings. The molecule has 2 aromatic carbocycles. The number of hydrogen-bond donors (Lipinski definition) is 0.